The van der Waals surface area contributed by atoms with E-state index in [0.29, 0.717) is 62.6 Å². The molecule has 47 heavy (non-hydrogen) atoms. The lowest BCUT2D eigenvalue weighted by atomic mass is 10.0. The van der Waals surface area contributed by atoms with Crippen LogP contribution in [-0.2, 0) is 19.1 Å². The summed E-state index contributed by atoms with van der Waals surface area (Å²) in [5.74, 6) is -0.844. The zero-order valence-corrected chi connectivity index (χ0v) is 27.0. The van der Waals surface area contributed by atoms with Crippen LogP contribution in [-0.4, -0.2) is 95.0 Å². The summed E-state index contributed by atoms with van der Waals surface area (Å²) in [5.41, 5.74) is 0.619. The summed E-state index contributed by atoms with van der Waals surface area (Å²) in [6, 6.07) is 4.15. The fourth-order valence-corrected chi connectivity index (χ4v) is 4.97. The predicted molar refractivity (Wildman–Crippen MR) is 179 cm³/mol. The highest BCUT2D eigenvalue weighted by molar-refractivity contribution is 5.97. The summed E-state index contributed by atoms with van der Waals surface area (Å²) in [5, 5.41) is 5.51. The van der Waals surface area contributed by atoms with E-state index < -0.39 is 17.9 Å². The van der Waals surface area contributed by atoms with E-state index in [2.05, 4.69) is 25.5 Å². The number of carbonyl (C=O) groups excluding carboxylic acids is 2. The van der Waals surface area contributed by atoms with Gasteiger partial charge in [0.2, 0.25) is 11.8 Å². The summed E-state index contributed by atoms with van der Waals surface area (Å²) >= 11 is 0. The van der Waals surface area contributed by atoms with Crippen LogP contribution in [0.15, 0.2) is 75.6 Å². The lowest BCUT2D eigenvalue weighted by molar-refractivity contribution is -0.129. The van der Waals surface area contributed by atoms with Crippen LogP contribution in [0.2, 0.25) is 0 Å². The maximum absolute atomic E-state index is 14.8. The van der Waals surface area contributed by atoms with Gasteiger partial charge in [-0.05, 0) is 68.5 Å². The second kappa shape index (κ2) is 19.0. The summed E-state index contributed by atoms with van der Waals surface area (Å²) in [4.78, 5) is 36.6. The van der Waals surface area contributed by atoms with Gasteiger partial charge >= 0.3 is 0 Å². The molecule has 2 amide bonds. The SMILES string of the molecule is C/C(=C\C=NCCN=CCOCCCN1CCOCC1)Oc1ccc(NC(=O)CC2(C(=O)NC3=CC=C(CF)CC=C3)CC2)cc1F. The average Bonchev–Trinajstić information content (AvgIpc) is 3.88. The van der Waals surface area contributed by atoms with Gasteiger partial charge in [-0.2, -0.15) is 0 Å². The number of hydrogen-bond donors (Lipinski definition) is 2. The molecular formula is C35H45F2N5O5. The number of anilines is 1. The smallest absolute Gasteiger partial charge is 0.231 e. The van der Waals surface area contributed by atoms with Gasteiger partial charge in [-0.25, -0.2) is 8.78 Å². The number of nitrogens with one attached hydrogen (secondary N) is 2. The number of carbonyl (C=O) groups is 2. The van der Waals surface area contributed by atoms with E-state index in [1.807, 2.05) is 0 Å². The van der Waals surface area contributed by atoms with E-state index in [1.54, 1.807) is 55.8 Å². The highest BCUT2D eigenvalue weighted by Crippen LogP contribution is 2.49. The number of hydrogen-bond acceptors (Lipinski definition) is 8. The zero-order chi connectivity index (χ0) is 33.3. The molecule has 1 saturated heterocycles. The number of allylic oxidation sites excluding steroid dienone is 7. The molecule has 1 aromatic rings. The number of benzene rings is 1. The maximum atomic E-state index is 14.8. The van der Waals surface area contributed by atoms with Crippen LogP contribution in [0.4, 0.5) is 14.5 Å². The normalized spacial score (nSPS) is 18.1. The summed E-state index contributed by atoms with van der Waals surface area (Å²) in [6.07, 6.45) is 14.4. The Morgan fingerprint density at radius 2 is 1.94 bits per heavy atom. The molecular weight excluding hydrogens is 608 g/mol. The molecule has 4 rings (SSSR count). The molecule has 0 unspecified atom stereocenters. The minimum Gasteiger partial charge on any atom is -0.459 e. The Morgan fingerprint density at radius 1 is 1.13 bits per heavy atom. The third-order valence-electron chi connectivity index (χ3n) is 7.89. The van der Waals surface area contributed by atoms with E-state index in [-0.39, 0.29) is 29.7 Å². The Balaban J connectivity index is 1.11. The van der Waals surface area contributed by atoms with E-state index >= 15 is 0 Å². The van der Waals surface area contributed by atoms with Crippen molar-refractivity contribution in [2.75, 3.05) is 71.1 Å². The zero-order valence-electron chi connectivity index (χ0n) is 27.0. The third-order valence-corrected chi connectivity index (χ3v) is 7.89. The summed E-state index contributed by atoms with van der Waals surface area (Å²) in [6.45, 7) is 7.97. The molecule has 2 aliphatic carbocycles. The van der Waals surface area contributed by atoms with Gasteiger partial charge < -0.3 is 24.8 Å². The quantitative estimate of drug-likeness (QED) is 0.132. The third kappa shape index (κ3) is 12.6. The number of halogens is 2. The van der Waals surface area contributed by atoms with Crippen LogP contribution < -0.4 is 15.4 Å². The summed E-state index contributed by atoms with van der Waals surface area (Å²) < 4.78 is 44.2. The van der Waals surface area contributed by atoms with Gasteiger partial charge in [-0.15, -0.1) is 0 Å². The van der Waals surface area contributed by atoms with Gasteiger partial charge in [-0.1, -0.05) is 12.2 Å². The Bertz CT molecular complexity index is 1390. The molecule has 0 spiro atoms. The second-order valence-corrected chi connectivity index (χ2v) is 11.7. The molecule has 1 aliphatic heterocycles. The minimum atomic E-state index is -0.813. The van der Waals surface area contributed by atoms with Gasteiger partial charge in [-0.3, -0.25) is 24.5 Å². The van der Waals surface area contributed by atoms with Crippen molar-refractivity contribution in [1.82, 2.24) is 10.2 Å². The lowest BCUT2D eigenvalue weighted by Gasteiger charge is -2.26. The van der Waals surface area contributed by atoms with Crippen LogP contribution >= 0.6 is 0 Å². The minimum absolute atomic E-state index is 0.00688. The van der Waals surface area contributed by atoms with Crippen molar-refractivity contribution in [2.45, 2.75) is 39.0 Å². The molecule has 2 fully saturated rings. The van der Waals surface area contributed by atoms with Gasteiger partial charge in [0.15, 0.2) is 11.6 Å². The summed E-state index contributed by atoms with van der Waals surface area (Å²) in [7, 11) is 0. The monoisotopic (exact) mass is 653 g/mol. The van der Waals surface area contributed by atoms with Crippen LogP contribution in [0.1, 0.15) is 39.0 Å². The first kappa shape index (κ1) is 35.8. The number of ether oxygens (including phenoxy) is 3. The van der Waals surface area contributed by atoms with Crippen LogP contribution in [0.25, 0.3) is 0 Å². The van der Waals surface area contributed by atoms with Crippen molar-refractivity contribution >= 4 is 29.9 Å². The number of amides is 2. The molecule has 254 valence electrons. The van der Waals surface area contributed by atoms with Crippen molar-refractivity contribution in [1.29, 1.82) is 0 Å². The van der Waals surface area contributed by atoms with Crippen LogP contribution in [0, 0.1) is 11.2 Å². The maximum Gasteiger partial charge on any atom is 0.231 e. The number of morpholine rings is 1. The molecule has 0 atom stereocenters. The average molecular weight is 654 g/mol. The van der Waals surface area contributed by atoms with Crippen LogP contribution in [0.3, 0.4) is 0 Å². The molecule has 0 radical (unpaired) electrons. The first-order valence-corrected chi connectivity index (χ1v) is 16.1. The van der Waals surface area contributed by atoms with Gasteiger partial charge in [0.1, 0.15) is 12.4 Å². The van der Waals surface area contributed by atoms with Gasteiger partial charge in [0.05, 0.1) is 38.3 Å². The Hall–Kier alpha value is -4.00. The molecule has 1 aromatic carbocycles. The van der Waals surface area contributed by atoms with Crippen molar-refractivity contribution < 1.29 is 32.6 Å². The van der Waals surface area contributed by atoms with E-state index in [9.17, 15) is 18.4 Å². The second-order valence-electron chi connectivity index (χ2n) is 11.7. The van der Waals surface area contributed by atoms with Crippen molar-refractivity contribution in [3.05, 3.63) is 71.4 Å². The molecule has 0 bridgehead atoms. The van der Waals surface area contributed by atoms with E-state index in [0.717, 1.165) is 39.3 Å². The fourth-order valence-electron chi connectivity index (χ4n) is 4.97. The topological polar surface area (TPSA) is 114 Å². The highest BCUT2D eigenvalue weighted by Gasteiger charge is 2.51. The number of alkyl halides is 1. The predicted octanol–water partition coefficient (Wildman–Crippen LogP) is 4.95. The molecule has 3 aliphatic rings. The standard InChI is InChI=1S/C35H45F2N5O5/c1-27(10-13-38-14-15-39-16-21-45-20-3-17-42-18-22-46-23-19-42)47-32-9-8-30(24-31(32)37)40-33(43)25-35(11-12-35)34(44)41-29-5-2-4-28(26-36)6-7-29/h2,5-10,13,16,24H,3-4,11-12,14-15,17-23,25-26H2,1H3,(H,40,43)(H,41,44)/b27-10+,38-13?,39-16?. The molecule has 1 saturated carbocycles. The van der Waals surface area contributed by atoms with Crippen molar-refractivity contribution in [3.8, 4) is 5.75 Å². The highest BCUT2D eigenvalue weighted by atomic mass is 19.1. The molecule has 12 heteroatoms. The molecule has 1 heterocycles. The van der Waals surface area contributed by atoms with Gasteiger partial charge in [0, 0.05) is 62.5 Å². The Kier molecular flexibility index (Phi) is 14.5. The molecule has 2 N–H and O–H groups in total. The molecule has 10 nitrogen and oxygen atoms in total. The lowest BCUT2D eigenvalue weighted by Crippen LogP contribution is -2.37. The first-order valence-electron chi connectivity index (χ1n) is 16.1. The van der Waals surface area contributed by atoms with E-state index in [4.69, 9.17) is 14.2 Å². The van der Waals surface area contributed by atoms with Crippen molar-refractivity contribution in [2.24, 2.45) is 15.4 Å². The Labute approximate surface area is 275 Å². The fraction of sp³-hybridized carbons (Fsp3) is 0.486. The Morgan fingerprint density at radius 3 is 2.70 bits per heavy atom. The number of rotatable bonds is 18. The largest absolute Gasteiger partial charge is 0.459 e. The van der Waals surface area contributed by atoms with Crippen molar-refractivity contribution in [3.63, 3.8) is 0 Å². The van der Waals surface area contributed by atoms with Gasteiger partial charge in [0.25, 0.3) is 0 Å². The van der Waals surface area contributed by atoms with E-state index in [1.165, 1.54) is 12.1 Å². The molecule has 0 aromatic heterocycles. The number of aliphatic imine (C=N–C) groups is 2. The van der Waals surface area contributed by atoms with Crippen LogP contribution in [0.5, 0.6) is 5.75 Å². The number of nitrogens with zero attached hydrogens (tertiary/aromatic N) is 3. The first-order chi connectivity index (χ1) is 22.9.